The maximum absolute atomic E-state index is 14.2. The van der Waals surface area contributed by atoms with Gasteiger partial charge in [-0.1, -0.05) is 107 Å². The molecule has 0 N–H and O–H groups in total. The monoisotopic (exact) mass is 661 g/mol. The number of nitrogens with zero attached hydrogens (tertiary/aromatic N) is 5. The zero-order chi connectivity index (χ0) is 34.2. The first-order chi connectivity index (χ1) is 23.0. The Balaban J connectivity index is 1.51. The van der Waals surface area contributed by atoms with Crippen LogP contribution in [0.5, 0.6) is 0 Å². The fourth-order valence-corrected chi connectivity index (χ4v) is 11.1. The molecule has 6 aromatic rings. The molecule has 2 aromatic heterocycles. The minimum absolute atomic E-state index is 0.107. The molecule has 6 rings (SSSR count). The van der Waals surface area contributed by atoms with Crippen LogP contribution in [0.2, 0.25) is 5.04 Å². The first kappa shape index (κ1) is 33.0. The van der Waals surface area contributed by atoms with Crippen molar-refractivity contribution in [3.05, 3.63) is 141 Å². The molecular formula is C38H40FN5O3Si. The van der Waals surface area contributed by atoms with Gasteiger partial charge in [-0.25, -0.2) is 9.18 Å². The molecule has 4 aromatic carbocycles. The lowest BCUT2D eigenvalue weighted by atomic mass is 10.0. The van der Waals surface area contributed by atoms with Gasteiger partial charge >= 0.3 is 5.69 Å². The van der Waals surface area contributed by atoms with Crippen LogP contribution in [0.4, 0.5) is 4.39 Å². The van der Waals surface area contributed by atoms with Crippen LogP contribution in [0.25, 0.3) is 22.1 Å². The van der Waals surface area contributed by atoms with E-state index >= 15 is 0 Å². The van der Waals surface area contributed by atoms with Gasteiger partial charge in [-0.3, -0.25) is 9.36 Å². The predicted molar refractivity (Wildman–Crippen MR) is 191 cm³/mol. The number of hydrogen-bond acceptors (Lipinski definition) is 5. The molecule has 8 nitrogen and oxygen atoms in total. The number of fused-ring (bicyclic) bond motifs is 1. The average molecular weight is 662 g/mol. The van der Waals surface area contributed by atoms with Gasteiger partial charge < -0.3 is 4.43 Å². The van der Waals surface area contributed by atoms with E-state index < -0.39 is 19.7 Å². The van der Waals surface area contributed by atoms with Crippen LogP contribution in [0.3, 0.4) is 0 Å². The van der Waals surface area contributed by atoms with Gasteiger partial charge in [0.05, 0.1) is 29.1 Å². The van der Waals surface area contributed by atoms with E-state index in [1.807, 2.05) is 57.2 Å². The topological polar surface area (TPSA) is 83.9 Å². The van der Waals surface area contributed by atoms with Gasteiger partial charge in [0.15, 0.2) is 5.82 Å². The Hall–Kier alpha value is -4.93. The average Bonchev–Trinajstić information content (AvgIpc) is 3.39. The van der Waals surface area contributed by atoms with Crippen LogP contribution in [-0.4, -0.2) is 32.4 Å². The van der Waals surface area contributed by atoms with Crippen molar-refractivity contribution in [2.45, 2.75) is 65.7 Å². The van der Waals surface area contributed by atoms with Gasteiger partial charge in [-0.05, 0) is 58.6 Å². The van der Waals surface area contributed by atoms with E-state index in [0.717, 1.165) is 10.4 Å². The van der Waals surface area contributed by atoms with Crippen molar-refractivity contribution in [2.75, 3.05) is 0 Å². The SMILES string of the molecule is CCn1c(CO[Si](c2ccccc2)(c2ccccc2)C(C)(C)C)nn(-c2cccc3c(=O)n(-c4cccc(F)c4)nc(C(C)C)c23)c1=O. The summed E-state index contributed by atoms with van der Waals surface area (Å²) in [5, 5.41) is 12.5. The van der Waals surface area contributed by atoms with Gasteiger partial charge in [0, 0.05) is 11.9 Å². The number of hydrogen-bond donors (Lipinski definition) is 0. The van der Waals surface area contributed by atoms with Crippen LogP contribution in [0.15, 0.2) is 113 Å². The van der Waals surface area contributed by atoms with Crippen molar-refractivity contribution in [3.63, 3.8) is 0 Å². The van der Waals surface area contributed by atoms with Crippen LogP contribution >= 0.6 is 0 Å². The molecule has 10 heteroatoms. The summed E-state index contributed by atoms with van der Waals surface area (Å²) in [4.78, 5) is 27.9. The minimum atomic E-state index is -2.92. The number of aromatic nitrogens is 5. The fraction of sp³-hybridized carbons (Fsp3) is 0.263. The smallest absolute Gasteiger partial charge is 0.350 e. The van der Waals surface area contributed by atoms with Gasteiger partial charge in [-0.15, -0.1) is 5.10 Å². The zero-order valence-electron chi connectivity index (χ0n) is 28.1. The van der Waals surface area contributed by atoms with Gasteiger partial charge in [0.2, 0.25) is 0 Å². The lowest BCUT2D eigenvalue weighted by Crippen LogP contribution is -2.66. The van der Waals surface area contributed by atoms with Gasteiger partial charge in [0.25, 0.3) is 13.9 Å². The van der Waals surface area contributed by atoms with E-state index in [-0.39, 0.29) is 23.3 Å². The van der Waals surface area contributed by atoms with Crippen molar-refractivity contribution < 1.29 is 8.82 Å². The lowest BCUT2D eigenvalue weighted by molar-refractivity contribution is 0.270. The molecule has 0 bridgehead atoms. The summed E-state index contributed by atoms with van der Waals surface area (Å²) in [7, 11) is -2.92. The summed E-state index contributed by atoms with van der Waals surface area (Å²) in [5.41, 5.74) is 0.614. The van der Waals surface area contributed by atoms with E-state index in [2.05, 4.69) is 45.0 Å². The minimum Gasteiger partial charge on any atom is -0.400 e. The first-order valence-corrected chi connectivity index (χ1v) is 18.1. The number of rotatable bonds is 9. The molecule has 246 valence electrons. The third-order valence-corrected chi connectivity index (χ3v) is 13.8. The highest BCUT2D eigenvalue weighted by atomic mass is 28.4. The Kier molecular flexibility index (Phi) is 8.89. The molecular weight excluding hydrogens is 622 g/mol. The summed E-state index contributed by atoms with van der Waals surface area (Å²) in [6.45, 7) is 12.9. The van der Waals surface area contributed by atoms with E-state index in [1.54, 1.807) is 34.9 Å². The van der Waals surface area contributed by atoms with E-state index in [1.165, 1.54) is 21.5 Å². The molecule has 0 radical (unpaired) electrons. The highest BCUT2D eigenvalue weighted by molar-refractivity contribution is 6.99. The fourth-order valence-electron chi connectivity index (χ4n) is 6.62. The number of halogens is 1. The predicted octanol–water partition coefficient (Wildman–Crippen LogP) is 6.09. The molecule has 0 aliphatic heterocycles. The Labute approximate surface area is 280 Å². The van der Waals surface area contributed by atoms with Crippen LogP contribution < -0.4 is 21.6 Å². The standard InChI is InChI=1S/C38H40FN5O3Si/c1-7-42-33(25-47-48(38(4,5)6,29-18-10-8-11-19-29)30-20-12-9-13-21-30)40-44(37(42)46)32-23-15-22-31-34(32)35(26(2)3)41-43(36(31)45)28-17-14-16-27(39)24-28/h8-24,26H,7,25H2,1-6H3. The van der Waals surface area contributed by atoms with Crippen LogP contribution in [0.1, 0.15) is 59.0 Å². The van der Waals surface area contributed by atoms with E-state index in [0.29, 0.717) is 40.2 Å². The third-order valence-electron chi connectivity index (χ3n) is 8.85. The molecule has 0 saturated carbocycles. The van der Waals surface area contributed by atoms with E-state index in [4.69, 9.17) is 14.6 Å². The Morgan fingerprint density at radius 2 is 1.44 bits per heavy atom. The quantitative estimate of drug-likeness (QED) is 0.175. The van der Waals surface area contributed by atoms with Gasteiger partial charge in [0.1, 0.15) is 5.82 Å². The maximum atomic E-state index is 14.2. The Morgan fingerprint density at radius 1 is 0.812 bits per heavy atom. The van der Waals surface area contributed by atoms with Crippen molar-refractivity contribution >= 4 is 29.5 Å². The maximum Gasteiger partial charge on any atom is 0.350 e. The van der Waals surface area contributed by atoms with Gasteiger partial charge in [-0.2, -0.15) is 14.5 Å². The summed E-state index contributed by atoms with van der Waals surface area (Å²) < 4.78 is 25.5. The third kappa shape index (κ3) is 5.65. The molecule has 0 aliphatic carbocycles. The highest BCUT2D eigenvalue weighted by Gasteiger charge is 2.50. The van der Waals surface area contributed by atoms with Crippen molar-refractivity contribution in [2.24, 2.45) is 0 Å². The second kappa shape index (κ2) is 12.9. The van der Waals surface area contributed by atoms with Crippen molar-refractivity contribution in [3.8, 4) is 11.4 Å². The molecule has 0 aliphatic rings. The molecule has 0 fully saturated rings. The van der Waals surface area contributed by atoms with Crippen molar-refractivity contribution in [1.82, 2.24) is 24.1 Å². The van der Waals surface area contributed by atoms with Crippen LogP contribution in [-0.2, 0) is 17.6 Å². The second-order valence-corrected chi connectivity index (χ2v) is 17.5. The lowest BCUT2D eigenvalue weighted by Gasteiger charge is -2.42. The first-order valence-electron chi connectivity index (χ1n) is 16.2. The summed E-state index contributed by atoms with van der Waals surface area (Å²) in [5.74, 6) is -0.110. The number of benzene rings is 4. The molecule has 2 heterocycles. The summed E-state index contributed by atoms with van der Waals surface area (Å²) in [6, 6.07) is 31.7. The Morgan fingerprint density at radius 3 is 2.00 bits per heavy atom. The normalized spacial score (nSPS) is 12.2. The molecule has 0 atom stereocenters. The molecule has 0 amide bonds. The molecule has 48 heavy (non-hydrogen) atoms. The second-order valence-electron chi connectivity index (χ2n) is 13.2. The Bertz CT molecular complexity index is 2160. The highest BCUT2D eigenvalue weighted by Crippen LogP contribution is 2.37. The largest absolute Gasteiger partial charge is 0.400 e. The zero-order valence-corrected chi connectivity index (χ0v) is 29.1. The summed E-state index contributed by atoms with van der Waals surface area (Å²) >= 11 is 0. The molecule has 0 spiro atoms. The molecule has 0 saturated heterocycles. The summed E-state index contributed by atoms with van der Waals surface area (Å²) in [6.07, 6.45) is 0. The van der Waals surface area contributed by atoms with E-state index in [9.17, 15) is 14.0 Å². The van der Waals surface area contributed by atoms with Crippen molar-refractivity contribution in [1.29, 1.82) is 0 Å². The van der Waals surface area contributed by atoms with Crippen LogP contribution in [0, 0.1) is 5.82 Å². The molecule has 0 unspecified atom stereocenters.